The second-order valence-electron chi connectivity index (χ2n) is 6.52. The Labute approximate surface area is 146 Å². The van der Waals surface area contributed by atoms with Gasteiger partial charge in [0, 0.05) is 5.69 Å². The van der Waals surface area contributed by atoms with Crippen LogP contribution in [0.3, 0.4) is 0 Å². The average Bonchev–Trinajstić information content (AvgIpc) is 2.75. The fraction of sp³-hybridized carbons (Fsp3) is 0.500. The summed E-state index contributed by atoms with van der Waals surface area (Å²) in [5.41, 5.74) is -0.691. The van der Waals surface area contributed by atoms with Crippen molar-refractivity contribution in [2.75, 3.05) is 11.9 Å². The van der Waals surface area contributed by atoms with Crippen molar-refractivity contribution in [3.05, 3.63) is 30.1 Å². The maximum absolute atomic E-state index is 13.1. The van der Waals surface area contributed by atoms with Gasteiger partial charge in [0.25, 0.3) is 5.91 Å². The van der Waals surface area contributed by atoms with E-state index in [1.165, 1.54) is 24.3 Å². The molecule has 136 valence electrons. The zero-order valence-corrected chi connectivity index (χ0v) is 14.6. The normalized spacial score (nSPS) is 19.9. The van der Waals surface area contributed by atoms with Crippen molar-refractivity contribution in [1.29, 1.82) is 0 Å². The number of nitrogens with one attached hydrogen (secondary N) is 2. The van der Waals surface area contributed by atoms with Crippen LogP contribution in [-0.4, -0.2) is 34.8 Å². The molecular formula is C18H24FN3O3. The maximum atomic E-state index is 13.1. The molecule has 1 atom stereocenters. The van der Waals surface area contributed by atoms with Crippen LogP contribution < -0.4 is 10.6 Å². The van der Waals surface area contributed by atoms with Gasteiger partial charge in [0.2, 0.25) is 5.91 Å². The largest absolute Gasteiger partial charge is 0.325 e. The number of rotatable bonds is 8. The van der Waals surface area contributed by atoms with Gasteiger partial charge < -0.3 is 10.6 Å². The molecule has 2 N–H and O–H groups in total. The highest BCUT2D eigenvalue weighted by Gasteiger charge is 2.47. The Kier molecular flexibility index (Phi) is 6.12. The van der Waals surface area contributed by atoms with Crippen molar-refractivity contribution >= 4 is 23.5 Å². The minimum atomic E-state index is -0.968. The van der Waals surface area contributed by atoms with Gasteiger partial charge in [-0.25, -0.2) is 9.18 Å². The number of amides is 4. The molecule has 1 heterocycles. The van der Waals surface area contributed by atoms with E-state index in [4.69, 9.17) is 0 Å². The van der Waals surface area contributed by atoms with Crippen LogP contribution in [0.2, 0.25) is 0 Å². The van der Waals surface area contributed by atoms with Gasteiger partial charge in [-0.05, 0) is 31.5 Å². The van der Waals surface area contributed by atoms with Crippen molar-refractivity contribution in [2.45, 2.75) is 51.5 Å². The van der Waals surface area contributed by atoms with E-state index >= 15 is 0 Å². The van der Waals surface area contributed by atoms with E-state index < -0.39 is 35.7 Å². The van der Waals surface area contributed by atoms with Crippen molar-refractivity contribution < 1.29 is 18.8 Å². The second kappa shape index (κ2) is 8.09. The first-order valence-electron chi connectivity index (χ1n) is 8.55. The van der Waals surface area contributed by atoms with E-state index in [0.717, 1.165) is 30.6 Å². The van der Waals surface area contributed by atoms with E-state index in [9.17, 15) is 18.8 Å². The number of halogens is 1. The number of unbranched alkanes of at least 4 members (excludes halogenated alkanes) is 3. The summed E-state index contributed by atoms with van der Waals surface area (Å²) >= 11 is 0. The van der Waals surface area contributed by atoms with Gasteiger partial charge in [0.05, 0.1) is 0 Å². The number of carbonyl (C=O) groups is 3. The van der Waals surface area contributed by atoms with E-state index in [0.29, 0.717) is 6.42 Å². The highest BCUT2D eigenvalue weighted by molar-refractivity contribution is 6.09. The Morgan fingerprint density at radius 2 is 2.04 bits per heavy atom. The molecule has 2 rings (SSSR count). The van der Waals surface area contributed by atoms with Gasteiger partial charge in [-0.3, -0.25) is 14.5 Å². The van der Waals surface area contributed by atoms with E-state index in [-0.39, 0.29) is 5.69 Å². The van der Waals surface area contributed by atoms with Gasteiger partial charge >= 0.3 is 6.03 Å². The van der Waals surface area contributed by atoms with E-state index in [2.05, 4.69) is 17.6 Å². The van der Waals surface area contributed by atoms with Crippen molar-refractivity contribution in [2.24, 2.45) is 0 Å². The standard InChI is InChI=1S/C18H24FN3O3/c1-3-4-5-6-10-18(2)16(24)22(17(25)21-18)12-15(23)20-14-9-7-8-13(19)11-14/h7-9,11H,3-6,10,12H2,1-2H3,(H,20,23)(H,21,25)/t18-/m0/s1. The first-order valence-corrected chi connectivity index (χ1v) is 8.55. The van der Waals surface area contributed by atoms with Crippen LogP contribution in [0, 0.1) is 5.82 Å². The SMILES string of the molecule is CCCCCC[C@]1(C)NC(=O)N(CC(=O)Nc2cccc(F)c2)C1=O. The molecule has 0 radical (unpaired) electrons. The summed E-state index contributed by atoms with van der Waals surface area (Å²) in [6, 6.07) is 4.85. The third kappa shape index (κ3) is 4.78. The molecule has 0 bridgehead atoms. The highest BCUT2D eigenvalue weighted by atomic mass is 19.1. The molecule has 7 heteroatoms. The lowest BCUT2D eigenvalue weighted by molar-refractivity contribution is -0.133. The molecule has 25 heavy (non-hydrogen) atoms. The number of hydrogen-bond acceptors (Lipinski definition) is 3. The quantitative estimate of drug-likeness (QED) is 0.559. The minimum Gasteiger partial charge on any atom is -0.324 e. The van der Waals surface area contributed by atoms with Gasteiger partial charge in [-0.2, -0.15) is 0 Å². The number of urea groups is 1. The number of nitrogens with zero attached hydrogens (tertiary/aromatic N) is 1. The summed E-state index contributed by atoms with van der Waals surface area (Å²) in [6.45, 7) is 3.39. The van der Waals surface area contributed by atoms with Crippen molar-refractivity contribution in [3.63, 3.8) is 0 Å². The zero-order valence-electron chi connectivity index (χ0n) is 14.6. The van der Waals surface area contributed by atoms with Gasteiger partial charge in [-0.1, -0.05) is 38.7 Å². The van der Waals surface area contributed by atoms with Crippen LogP contribution in [0.1, 0.15) is 46.0 Å². The lowest BCUT2D eigenvalue weighted by atomic mass is 9.94. The number of hydrogen-bond donors (Lipinski definition) is 2. The number of benzene rings is 1. The molecule has 0 spiro atoms. The zero-order chi connectivity index (χ0) is 18.4. The molecule has 4 amide bonds. The number of imide groups is 1. The first-order chi connectivity index (χ1) is 11.9. The van der Waals surface area contributed by atoms with Crippen LogP contribution in [0.15, 0.2) is 24.3 Å². The fourth-order valence-electron chi connectivity index (χ4n) is 2.88. The minimum absolute atomic E-state index is 0.277. The molecule has 1 aromatic rings. The summed E-state index contributed by atoms with van der Waals surface area (Å²) in [5.74, 6) is -1.43. The molecule has 1 aliphatic rings. The van der Waals surface area contributed by atoms with E-state index in [1.54, 1.807) is 6.92 Å². The maximum Gasteiger partial charge on any atom is 0.325 e. The lowest BCUT2D eigenvalue weighted by Gasteiger charge is -2.21. The van der Waals surface area contributed by atoms with E-state index in [1.807, 2.05) is 0 Å². The summed E-state index contributed by atoms with van der Waals surface area (Å²) < 4.78 is 13.1. The predicted octanol–water partition coefficient (Wildman–Crippen LogP) is 3.05. The predicted molar refractivity (Wildman–Crippen MR) is 92.4 cm³/mol. The van der Waals surface area contributed by atoms with Gasteiger partial charge in [0.15, 0.2) is 0 Å². The summed E-state index contributed by atoms with van der Waals surface area (Å²) in [6.07, 6.45) is 4.54. The third-order valence-electron chi connectivity index (χ3n) is 4.29. The molecule has 1 fully saturated rings. The molecule has 0 aromatic heterocycles. The molecule has 1 saturated heterocycles. The Hall–Kier alpha value is -2.44. The molecule has 0 saturated carbocycles. The number of anilines is 1. The van der Waals surface area contributed by atoms with Crippen molar-refractivity contribution in [1.82, 2.24) is 10.2 Å². The molecule has 0 aliphatic carbocycles. The van der Waals surface area contributed by atoms with Crippen LogP contribution in [0.5, 0.6) is 0 Å². The van der Waals surface area contributed by atoms with Gasteiger partial charge in [0.1, 0.15) is 17.9 Å². The molecular weight excluding hydrogens is 325 g/mol. The average molecular weight is 349 g/mol. The third-order valence-corrected chi connectivity index (χ3v) is 4.29. The van der Waals surface area contributed by atoms with Crippen LogP contribution in [-0.2, 0) is 9.59 Å². The Morgan fingerprint density at radius 1 is 1.28 bits per heavy atom. The first kappa shape index (κ1) is 18.9. The van der Waals surface area contributed by atoms with Crippen LogP contribution in [0.4, 0.5) is 14.9 Å². The van der Waals surface area contributed by atoms with Crippen LogP contribution >= 0.6 is 0 Å². The fourth-order valence-corrected chi connectivity index (χ4v) is 2.88. The Balaban J connectivity index is 1.94. The summed E-state index contributed by atoms with van der Waals surface area (Å²) in [4.78, 5) is 37.6. The summed E-state index contributed by atoms with van der Waals surface area (Å²) in [7, 11) is 0. The number of carbonyl (C=O) groups excluding carboxylic acids is 3. The molecule has 1 aliphatic heterocycles. The smallest absolute Gasteiger partial charge is 0.324 e. The van der Waals surface area contributed by atoms with Gasteiger partial charge in [-0.15, -0.1) is 0 Å². The van der Waals surface area contributed by atoms with Crippen LogP contribution in [0.25, 0.3) is 0 Å². The van der Waals surface area contributed by atoms with Crippen molar-refractivity contribution in [3.8, 4) is 0 Å². The molecule has 1 aromatic carbocycles. The molecule has 6 nitrogen and oxygen atoms in total. The highest BCUT2D eigenvalue weighted by Crippen LogP contribution is 2.24. The topological polar surface area (TPSA) is 78.5 Å². The monoisotopic (exact) mass is 349 g/mol. The Morgan fingerprint density at radius 3 is 2.72 bits per heavy atom. The second-order valence-corrected chi connectivity index (χ2v) is 6.52. The molecule has 0 unspecified atom stereocenters. The lowest BCUT2D eigenvalue weighted by Crippen LogP contribution is -2.44. The Bertz CT molecular complexity index is 665. The summed E-state index contributed by atoms with van der Waals surface area (Å²) in [5, 5.41) is 5.17.